The highest BCUT2D eigenvalue weighted by atomic mass is 16.5. The molecule has 0 saturated heterocycles. The fourth-order valence-electron chi connectivity index (χ4n) is 3.13. The molecule has 1 N–H and O–H groups in total. The first-order chi connectivity index (χ1) is 14.4. The highest BCUT2D eigenvalue weighted by Gasteiger charge is 2.17. The van der Waals surface area contributed by atoms with Crippen molar-refractivity contribution in [1.29, 1.82) is 0 Å². The molecular formula is C24H25NO5. The van der Waals surface area contributed by atoms with Crippen LogP contribution >= 0.6 is 0 Å². The summed E-state index contributed by atoms with van der Waals surface area (Å²) < 4.78 is 16.1. The van der Waals surface area contributed by atoms with Crippen molar-refractivity contribution in [2.45, 2.75) is 27.2 Å². The van der Waals surface area contributed by atoms with Gasteiger partial charge in [0.05, 0.1) is 20.1 Å². The number of aryl methyl sites for hydroxylation is 2. The summed E-state index contributed by atoms with van der Waals surface area (Å²) in [7, 11) is 1.60. The average molecular weight is 407 g/mol. The molecule has 0 fully saturated rings. The van der Waals surface area contributed by atoms with E-state index in [-0.39, 0.29) is 12.3 Å². The largest absolute Gasteiger partial charge is 0.496 e. The number of rotatable bonds is 7. The van der Waals surface area contributed by atoms with Gasteiger partial charge in [-0.15, -0.1) is 0 Å². The summed E-state index contributed by atoms with van der Waals surface area (Å²) in [4.78, 5) is 24.4. The molecule has 0 aliphatic rings. The van der Waals surface area contributed by atoms with E-state index in [4.69, 9.17) is 13.9 Å². The van der Waals surface area contributed by atoms with Crippen LogP contribution in [0.2, 0.25) is 0 Å². The van der Waals surface area contributed by atoms with Gasteiger partial charge in [-0.05, 0) is 62.7 Å². The molecule has 6 heteroatoms. The maximum atomic E-state index is 12.4. The third kappa shape index (κ3) is 4.89. The summed E-state index contributed by atoms with van der Waals surface area (Å²) >= 11 is 0. The van der Waals surface area contributed by atoms with Gasteiger partial charge in [-0.1, -0.05) is 12.1 Å². The van der Waals surface area contributed by atoms with Crippen LogP contribution in [0.25, 0.3) is 11.3 Å². The molecule has 0 aliphatic heterocycles. The molecule has 1 heterocycles. The van der Waals surface area contributed by atoms with E-state index in [0.29, 0.717) is 35.1 Å². The number of benzene rings is 2. The Labute approximate surface area is 175 Å². The second-order valence-electron chi connectivity index (χ2n) is 6.92. The van der Waals surface area contributed by atoms with Crippen LogP contribution in [-0.4, -0.2) is 25.6 Å². The Morgan fingerprint density at radius 3 is 2.43 bits per heavy atom. The monoisotopic (exact) mass is 407 g/mol. The minimum atomic E-state index is -0.402. The summed E-state index contributed by atoms with van der Waals surface area (Å²) in [6.45, 7) is 5.77. The molecule has 0 saturated carbocycles. The van der Waals surface area contributed by atoms with Crippen molar-refractivity contribution in [3.63, 3.8) is 0 Å². The van der Waals surface area contributed by atoms with E-state index in [2.05, 4.69) is 5.32 Å². The predicted octanol–water partition coefficient (Wildman–Crippen LogP) is 4.93. The van der Waals surface area contributed by atoms with Gasteiger partial charge in [0, 0.05) is 16.8 Å². The van der Waals surface area contributed by atoms with Crippen LogP contribution in [0.4, 0.5) is 5.69 Å². The standard InChI is InChI=1S/C24H25NO5/c1-5-29-24(27)20-14-22(30-16(20)3)17-8-10-19(11-9-17)25-23(26)13-18-7-6-15(2)12-21(18)28-4/h6-12,14H,5,13H2,1-4H3,(H,25,26). The number of esters is 1. The van der Waals surface area contributed by atoms with Gasteiger partial charge in [0.2, 0.25) is 5.91 Å². The van der Waals surface area contributed by atoms with E-state index < -0.39 is 5.97 Å². The van der Waals surface area contributed by atoms with Crippen LogP contribution in [0, 0.1) is 13.8 Å². The quantitative estimate of drug-likeness (QED) is 0.562. The van der Waals surface area contributed by atoms with E-state index >= 15 is 0 Å². The molecule has 156 valence electrons. The van der Waals surface area contributed by atoms with Crippen LogP contribution in [-0.2, 0) is 16.0 Å². The molecule has 30 heavy (non-hydrogen) atoms. The first-order valence-electron chi connectivity index (χ1n) is 9.72. The molecule has 6 nitrogen and oxygen atoms in total. The number of anilines is 1. The van der Waals surface area contributed by atoms with Gasteiger partial charge in [0.25, 0.3) is 0 Å². The zero-order valence-corrected chi connectivity index (χ0v) is 17.6. The molecule has 1 amide bonds. The van der Waals surface area contributed by atoms with Crippen molar-refractivity contribution in [3.05, 3.63) is 71.0 Å². The molecule has 3 aromatic rings. The number of hydrogen-bond acceptors (Lipinski definition) is 5. The average Bonchev–Trinajstić information content (AvgIpc) is 3.11. The minimum Gasteiger partial charge on any atom is -0.496 e. The summed E-state index contributed by atoms with van der Waals surface area (Å²) in [5.74, 6) is 1.24. The number of furan rings is 1. The fraction of sp³-hybridized carbons (Fsp3) is 0.250. The van der Waals surface area contributed by atoms with Crippen molar-refractivity contribution in [3.8, 4) is 17.1 Å². The molecule has 0 aliphatic carbocycles. The van der Waals surface area contributed by atoms with Gasteiger partial charge in [-0.2, -0.15) is 0 Å². The van der Waals surface area contributed by atoms with Crippen molar-refractivity contribution in [2.24, 2.45) is 0 Å². The van der Waals surface area contributed by atoms with Gasteiger partial charge >= 0.3 is 5.97 Å². The van der Waals surface area contributed by atoms with Crippen molar-refractivity contribution >= 4 is 17.6 Å². The van der Waals surface area contributed by atoms with E-state index in [9.17, 15) is 9.59 Å². The van der Waals surface area contributed by atoms with Gasteiger partial charge in [-0.3, -0.25) is 4.79 Å². The number of carbonyl (C=O) groups excluding carboxylic acids is 2. The Hall–Kier alpha value is -3.54. The van der Waals surface area contributed by atoms with Crippen LogP contribution in [0.3, 0.4) is 0 Å². The fourth-order valence-corrected chi connectivity index (χ4v) is 3.13. The van der Waals surface area contributed by atoms with Gasteiger partial charge in [-0.25, -0.2) is 4.79 Å². The molecule has 0 spiro atoms. The van der Waals surface area contributed by atoms with E-state index in [0.717, 1.165) is 16.7 Å². The zero-order valence-electron chi connectivity index (χ0n) is 17.6. The second kappa shape index (κ2) is 9.31. The number of methoxy groups -OCH3 is 1. The van der Waals surface area contributed by atoms with Crippen LogP contribution in [0.1, 0.15) is 34.2 Å². The van der Waals surface area contributed by atoms with Gasteiger partial charge in [0.1, 0.15) is 22.8 Å². The maximum Gasteiger partial charge on any atom is 0.341 e. The van der Waals surface area contributed by atoms with Gasteiger partial charge < -0.3 is 19.2 Å². The third-order valence-corrected chi connectivity index (χ3v) is 4.66. The molecular weight excluding hydrogens is 382 g/mol. The lowest BCUT2D eigenvalue weighted by Crippen LogP contribution is -2.14. The van der Waals surface area contributed by atoms with Crippen molar-refractivity contribution in [2.75, 3.05) is 19.0 Å². The molecule has 0 radical (unpaired) electrons. The highest BCUT2D eigenvalue weighted by Crippen LogP contribution is 2.27. The molecule has 1 aromatic heterocycles. The van der Waals surface area contributed by atoms with E-state index in [1.54, 1.807) is 39.2 Å². The molecule has 2 aromatic carbocycles. The van der Waals surface area contributed by atoms with Crippen LogP contribution < -0.4 is 10.1 Å². The second-order valence-corrected chi connectivity index (χ2v) is 6.92. The first kappa shape index (κ1) is 21.2. The third-order valence-electron chi connectivity index (χ3n) is 4.66. The molecule has 3 rings (SSSR count). The Morgan fingerprint density at radius 2 is 1.77 bits per heavy atom. The van der Waals surface area contributed by atoms with Crippen molar-refractivity contribution in [1.82, 2.24) is 0 Å². The Morgan fingerprint density at radius 1 is 1.03 bits per heavy atom. The lowest BCUT2D eigenvalue weighted by Gasteiger charge is -2.10. The molecule has 0 unspecified atom stereocenters. The number of hydrogen-bond donors (Lipinski definition) is 1. The molecule has 0 bridgehead atoms. The lowest BCUT2D eigenvalue weighted by molar-refractivity contribution is -0.115. The summed E-state index contributed by atoms with van der Waals surface area (Å²) in [5, 5.41) is 2.89. The summed E-state index contributed by atoms with van der Waals surface area (Å²) in [5.41, 5.74) is 3.78. The minimum absolute atomic E-state index is 0.136. The Kier molecular flexibility index (Phi) is 6.57. The van der Waals surface area contributed by atoms with Crippen LogP contribution in [0.5, 0.6) is 5.75 Å². The van der Waals surface area contributed by atoms with E-state index in [1.165, 1.54) is 0 Å². The summed E-state index contributed by atoms with van der Waals surface area (Å²) in [6, 6.07) is 14.7. The smallest absolute Gasteiger partial charge is 0.341 e. The van der Waals surface area contributed by atoms with E-state index in [1.807, 2.05) is 37.3 Å². The highest BCUT2D eigenvalue weighted by molar-refractivity contribution is 5.93. The lowest BCUT2D eigenvalue weighted by atomic mass is 10.1. The zero-order chi connectivity index (χ0) is 21.7. The van der Waals surface area contributed by atoms with Gasteiger partial charge in [0.15, 0.2) is 0 Å². The van der Waals surface area contributed by atoms with Crippen molar-refractivity contribution < 1.29 is 23.5 Å². The number of carbonyl (C=O) groups is 2. The number of amides is 1. The first-order valence-corrected chi connectivity index (χ1v) is 9.72. The molecule has 0 atom stereocenters. The number of ether oxygens (including phenoxy) is 2. The van der Waals surface area contributed by atoms with Crippen LogP contribution in [0.15, 0.2) is 52.9 Å². The summed E-state index contributed by atoms with van der Waals surface area (Å²) in [6.07, 6.45) is 0.214. The SMILES string of the molecule is CCOC(=O)c1cc(-c2ccc(NC(=O)Cc3ccc(C)cc3OC)cc2)oc1C. The Balaban J connectivity index is 1.68. The predicted molar refractivity (Wildman–Crippen MR) is 115 cm³/mol. The maximum absolute atomic E-state index is 12.4. The topological polar surface area (TPSA) is 77.8 Å². The Bertz CT molecular complexity index is 1050. The number of nitrogens with one attached hydrogen (secondary N) is 1. The normalized spacial score (nSPS) is 10.5.